The van der Waals surface area contributed by atoms with E-state index in [0.29, 0.717) is 49.3 Å². The smallest absolute Gasteiger partial charge is 0.0628 e. The molecule has 0 spiro atoms. The van der Waals surface area contributed by atoms with Gasteiger partial charge >= 0.3 is 0 Å². The van der Waals surface area contributed by atoms with Crippen molar-refractivity contribution in [1.82, 2.24) is 42.5 Å². The Morgan fingerprint density at radius 2 is 0.357 bits per heavy atom. The van der Waals surface area contributed by atoms with Crippen molar-refractivity contribution >= 4 is 0 Å². The van der Waals surface area contributed by atoms with Gasteiger partial charge in [0.1, 0.15) is 0 Å². The molecular formula is C32H56CuFeN8. The maximum absolute atomic E-state index is 4.26. The molecule has 9 aliphatic rings. The van der Waals surface area contributed by atoms with E-state index in [9.17, 15) is 0 Å². The number of fused-ring (bicyclic) bond motifs is 20. The van der Waals surface area contributed by atoms with E-state index in [2.05, 4.69) is 42.5 Å². The molecular weight excluding hydrogens is 616 g/mol. The molecule has 0 aromatic heterocycles. The Morgan fingerprint density at radius 1 is 0.238 bits per heavy atom. The molecule has 8 unspecified atom stereocenters. The first-order valence-electron chi connectivity index (χ1n) is 17.9. The summed E-state index contributed by atoms with van der Waals surface area (Å²) < 4.78 is 0. The second kappa shape index (κ2) is 13.1. The molecule has 5 saturated heterocycles. The molecule has 0 aromatic carbocycles. The van der Waals surface area contributed by atoms with Gasteiger partial charge < -0.3 is 0 Å². The van der Waals surface area contributed by atoms with Crippen LogP contribution >= 0.6 is 0 Å². The summed E-state index contributed by atoms with van der Waals surface area (Å²) in [5.41, 5.74) is 0. The Labute approximate surface area is 275 Å². The molecule has 5 heterocycles. The predicted molar refractivity (Wildman–Crippen MR) is 157 cm³/mol. The molecule has 9 rings (SSSR count). The SMILES string of the molecule is C1CCC2C3NC(NC4NC(NC5NC(NC6NC(N3)C3CCCCC63)C3CCCCC53)C3CCCCC43)C2C1.[Cu].[Fe]. The number of rotatable bonds is 0. The van der Waals surface area contributed by atoms with E-state index in [1.807, 2.05) is 0 Å². The second-order valence-electron chi connectivity index (χ2n) is 15.6. The Kier molecular flexibility index (Phi) is 9.76. The van der Waals surface area contributed by atoms with Crippen LogP contribution < -0.4 is 42.5 Å². The van der Waals surface area contributed by atoms with Crippen LogP contribution in [-0.4, -0.2) is 49.3 Å². The van der Waals surface area contributed by atoms with Crippen molar-refractivity contribution in [2.75, 3.05) is 0 Å². The van der Waals surface area contributed by atoms with Gasteiger partial charge in [0.2, 0.25) is 0 Å². The fourth-order valence-electron chi connectivity index (χ4n) is 12.0. The zero-order valence-corrected chi connectivity index (χ0v) is 27.3. The van der Waals surface area contributed by atoms with Crippen molar-refractivity contribution in [2.45, 2.75) is 152 Å². The van der Waals surface area contributed by atoms with Crippen LogP contribution in [0.25, 0.3) is 0 Å². The predicted octanol–water partition coefficient (Wildman–Crippen LogP) is 2.60. The fraction of sp³-hybridized carbons (Fsp3) is 1.00. The Hall–Kier alpha value is 0.719. The van der Waals surface area contributed by atoms with E-state index < -0.39 is 0 Å². The van der Waals surface area contributed by atoms with Gasteiger partial charge in [-0.1, -0.05) is 51.4 Å². The van der Waals surface area contributed by atoms with E-state index >= 15 is 0 Å². The molecule has 10 heteroatoms. The summed E-state index contributed by atoms with van der Waals surface area (Å²) in [6, 6.07) is 0. The van der Waals surface area contributed by atoms with E-state index in [0.717, 1.165) is 47.3 Å². The monoisotopic (exact) mass is 671 g/mol. The van der Waals surface area contributed by atoms with Gasteiger partial charge in [-0.25, -0.2) is 0 Å². The summed E-state index contributed by atoms with van der Waals surface area (Å²) in [6.45, 7) is 0. The van der Waals surface area contributed by atoms with Crippen LogP contribution in [0.5, 0.6) is 0 Å². The molecule has 243 valence electrons. The van der Waals surface area contributed by atoms with Gasteiger partial charge in [0.05, 0.1) is 49.3 Å². The van der Waals surface area contributed by atoms with Crippen LogP contribution in [0.15, 0.2) is 0 Å². The molecule has 8 N–H and O–H groups in total. The summed E-state index contributed by atoms with van der Waals surface area (Å²) in [7, 11) is 0. The normalized spacial score (nSPS) is 54.9. The van der Waals surface area contributed by atoms with Gasteiger partial charge in [-0.2, -0.15) is 0 Å². The average molecular weight is 672 g/mol. The maximum atomic E-state index is 4.26. The first-order chi connectivity index (χ1) is 19.8. The Bertz CT molecular complexity index is 723. The Morgan fingerprint density at radius 3 is 0.476 bits per heavy atom. The van der Waals surface area contributed by atoms with Crippen molar-refractivity contribution in [3.05, 3.63) is 0 Å². The summed E-state index contributed by atoms with van der Waals surface area (Å²) >= 11 is 0. The molecule has 8 bridgehead atoms. The maximum Gasteiger partial charge on any atom is 0.0628 e. The van der Waals surface area contributed by atoms with Crippen LogP contribution in [0.4, 0.5) is 0 Å². The summed E-state index contributed by atoms with van der Waals surface area (Å²) in [5, 5.41) is 33.8. The van der Waals surface area contributed by atoms with Crippen molar-refractivity contribution in [1.29, 1.82) is 0 Å². The largest absolute Gasteiger partial charge is 0.286 e. The molecule has 9 fully saturated rings. The van der Waals surface area contributed by atoms with Crippen molar-refractivity contribution < 1.29 is 34.1 Å². The molecule has 0 aromatic rings. The molecule has 5 aliphatic heterocycles. The zero-order chi connectivity index (χ0) is 26.2. The van der Waals surface area contributed by atoms with Gasteiger partial charge in [0, 0.05) is 34.1 Å². The van der Waals surface area contributed by atoms with E-state index in [4.69, 9.17) is 0 Å². The van der Waals surface area contributed by atoms with Gasteiger partial charge in [0.25, 0.3) is 0 Å². The molecule has 0 amide bonds. The topological polar surface area (TPSA) is 96.2 Å². The van der Waals surface area contributed by atoms with E-state index in [1.54, 1.807) is 0 Å². The third-order valence-corrected chi connectivity index (χ3v) is 13.8. The summed E-state index contributed by atoms with van der Waals surface area (Å²) in [4.78, 5) is 0. The molecule has 1 radical (unpaired) electrons. The third-order valence-electron chi connectivity index (χ3n) is 13.8. The summed E-state index contributed by atoms with van der Waals surface area (Å²) in [6.07, 6.45) is 25.6. The Balaban J connectivity index is 0.00000144. The van der Waals surface area contributed by atoms with Gasteiger partial charge in [-0.05, 0) is 98.7 Å². The van der Waals surface area contributed by atoms with Crippen molar-refractivity contribution in [3.63, 3.8) is 0 Å². The van der Waals surface area contributed by atoms with Crippen LogP contribution in [0.2, 0.25) is 0 Å². The number of hydrogen-bond donors (Lipinski definition) is 8. The molecule has 8 atom stereocenters. The molecule has 4 aliphatic carbocycles. The first kappa shape index (κ1) is 31.3. The third kappa shape index (κ3) is 5.43. The standard InChI is InChI=1S/C32H56N8.Cu.Fe/c1-2-10-18-17(9-1)25-33-26(18)38-28-21-13-5-6-14-22(21)30(35-28)40-32-24-16-8-7-15-23(24)31(36-32)39-29-20-12-4-3-11-19(20)27(34-29)37-25;;/h17-40H,1-16H2;;. The van der Waals surface area contributed by atoms with E-state index in [-0.39, 0.29) is 34.1 Å². The summed E-state index contributed by atoms with van der Waals surface area (Å²) in [5.74, 6) is 5.97. The first-order valence-corrected chi connectivity index (χ1v) is 17.9. The molecule has 4 saturated carbocycles. The van der Waals surface area contributed by atoms with Gasteiger partial charge in [-0.3, -0.25) is 42.5 Å². The minimum Gasteiger partial charge on any atom is -0.286 e. The minimum atomic E-state index is 0. The van der Waals surface area contributed by atoms with Crippen LogP contribution in [0.3, 0.4) is 0 Å². The molecule has 8 nitrogen and oxygen atoms in total. The van der Waals surface area contributed by atoms with Crippen molar-refractivity contribution in [3.8, 4) is 0 Å². The van der Waals surface area contributed by atoms with Gasteiger partial charge in [0.15, 0.2) is 0 Å². The molecule has 42 heavy (non-hydrogen) atoms. The minimum absolute atomic E-state index is 0. The number of hydrogen-bond acceptors (Lipinski definition) is 8. The average Bonchev–Trinajstić information content (AvgIpc) is 3.73. The van der Waals surface area contributed by atoms with Gasteiger partial charge in [-0.15, -0.1) is 0 Å². The van der Waals surface area contributed by atoms with Crippen LogP contribution in [0, 0.1) is 47.3 Å². The number of nitrogens with one attached hydrogen (secondary N) is 8. The van der Waals surface area contributed by atoms with Crippen LogP contribution in [-0.2, 0) is 34.1 Å². The quantitative estimate of drug-likeness (QED) is 0.187. The van der Waals surface area contributed by atoms with E-state index in [1.165, 1.54) is 103 Å². The second-order valence-corrected chi connectivity index (χ2v) is 15.6. The fourth-order valence-corrected chi connectivity index (χ4v) is 12.0. The van der Waals surface area contributed by atoms with Crippen molar-refractivity contribution in [2.24, 2.45) is 47.3 Å². The zero-order valence-electron chi connectivity index (χ0n) is 25.2. The van der Waals surface area contributed by atoms with Crippen LogP contribution in [0.1, 0.15) is 103 Å².